The summed E-state index contributed by atoms with van der Waals surface area (Å²) in [5.41, 5.74) is 0. The molecule has 2 unspecified atom stereocenters. The van der Waals surface area contributed by atoms with Crippen LogP contribution in [0.4, 0.5) is 0 Å². The van der Waals surface area contributed by atoms with Crippen LogP contribution in [0.3, 0.4) is 0 Å². The predicted molar refractivity (Wildman–Crippen MR) is 62.3 cm³/mol. The van der Waals surface area contributed by atoms with E-state index in [1.807, 2.05) is 27.7 Å². The summed E-state index contributed by atoms with van der Waals surface area (Å²) >= 11 is 0. The Balaban J connectivity index is 2.84. The van der Waals surface area contributed by atoms with Crippen LogP contribution in [0.25, 0.3) is 0 Å². The number of hydrogen-bond acceptors (Lipinski definition) is 3. The molecule has 1 heterocycles. The summed E-state index contributed by atoms with van der Waals surface area (Å²) in [5, 5.41) is 3.27. The first kappa shape index (κ1) is 12.9. The van der Waals surface area contributed by atoms with Crippen molar-refractivity contribution < 1.29 is 8.42 Å². The van der Waals surface area contributed by atoms with Crippen LogP contribution in [0.5, 0.6) is 0 Å². The van der Waals surface area contributed by atoms with Crippen LogP contribution >= 0.6 is 0 Å². The van der Waals surface area contributed by atoms with E-state index in [0.29, 0.717) is 12.8 Å². The smallest absolute Gasteiger partial charge is 0.217 e. The first-order valence-electron chi connectivity index (χ1n) is 5.52. The van der Waals surface area contributed by atoms with Crippen LogP contribution in [0.1, 0.15) is 40.5 Å². The summed E-state index contributed by atoms with van der Waals surface area (Å²) in [7, 11) is -3.21. The van der Waals surface area contributed by atoms with Gasteiger partial charge >= 0.3 is 0 Å². The number of sulfonamides is 1. The number of piperidine rings is 1. The molecular weight excluding hydrogens is 212 g/mol. The van der Waals surface area contributed by atoms with Crippen LogP contribution in [-0.4, -0.2) is 31.8 Å². The van der Waals surface area contributed by atoms with E-state index in [2.05, 4.69) is 10.0 Å². The van der Waals surface area contributed by atoms with Gasteiger partial charge in [-0.15, -0.1) is 0 Å². The minimum Gasteiger partial charge on any atom is -0.314 e. The number of rotatable bonds is 3. The maximum Gasteiger partial charge on any atom is 0.217 e. The molecule has 0 bridgehead atoms. The molecule has 1 rings (SSSR count). The molecule has 1 saturated heterocycles. The van der Waals surface area contributed by atoms with E-state index >= 15 is 0 Å². The van der Waals surface area contributed by atoms with Crippen molar-refractivity contribution in [1.29, 1.82) is 0 Å². The Labute approximate surface area is 92.9 Å². The summed E-state index contributed by atoms with van der Waals surface area (Å²) in [6.45, 7) is 8.35. The highest BCUT2D eigenvalue weighted by molar-refractivity contribution is 7.90. The summed E-state index contributed by atoms with van der Waals surface area (Å²) in [6.07, 6.45) is 1.36. The summed E-state index contributed by atoms with van der Waals surface area (Å²) in [4.78, 5) is 0. The average molecular weight is 234 g/mol. The summed E-state index contributed by atoms with van der Waals surface area (Å²) in [6, 6.07) is 0.240. The van der Waals surface area contributed by atoms with Crippen LogP contribution < -0.4 is 10.0 Å². The molecule has 2 atom stereocenters. The SMILES string of the molecule is CC(C)NS(=O)(=O)C1(C)CCNC(C)C1. The van der Waals surface area contributed by atoms with E-state index in [1.165, 1.54) is 0 Å². The lowest BCUT2D eigenvalue weighted by molar-refractivity contribution is 0.344. The Hall–Kier alpha value is -0.130. The van der Waals surface area contributed by atoms with Crippen molar-refractivity contribution in [3.05, 3.63) is 0 Å². The Morgan fingerprint density at radius 3 is 2.53 bits per heavy atom. The van der Waals surface area contributed by atoms with Crippen molar-refractivity contribution >= 4 is 10.0 Å². The topological polar surface area (TPSA) is 58.2 Å². The largest absolute Gasteiger partial charge is 0.314 e. The second-order valence-corrected chi connectivity index (χ2v) is 7.26. The van der Waals surface area contributed by atoms with Crippen molar-refractivity contribution in [2.45, 2.75) is 57.4 Å². The molecule has 2 N–H and O–H groups in total. The fourth-order valence-electron chi connectivity index (χ4n) is 2.10. The van der Waals surface area contributed by atoms with Crippen LogP contribution in [0.2, 0.25) is 0 Å². The fourth-order valence-corrected chi connectivity index (χ4v) is 3.85. The normalized spacial score (nSPS) is 33.3. The molecule has 0 amide bonds. The molecule has 0 aromatic rings. The van der Waals surface area contributed by atoms with Crippen molar-refractivity contribution in [2.24, 2.45) is 0 Å². The van der Waals surface area contributed by atoms with Gasteiger partial charge in [-0.05, 0) is 47.1 Å². The lowest BCUT2D eigenvalue weighted by atomic mass is 9.94. The molecule has 1 aliphatic heterocycles. The zero-order chi connectivity index (χ0) is 11.7. The van der Waals surface area contributed by atoms with Gasteiger partial charge in [-0.3, -0.25) is 0 Å². The molecule has 1 aliphatic rings. The Morgan fingerprint density at radius 1 is 1.47 bits per heavy atom. The molecule has 0 radical (unpaired) electrons. The minimum absolute atomic E-state index is 0.0305. The third-order valence-electron chi connectivity index (χ3n) is 2.92. The van der Waals surface area contributed by atoms with E-state index in [4.69, 9.17) is 0 Å². The van der Waals surface area contributed by atoms with E-state index in [9.17, 15) is 8.42 Å². The average Bonchev–Trinajstić information content (AvgIpc) is 2.00. The summed E-state index contributed by atoms with van der Waals surface area (Å²) < 4.78 is 26.3. The van der Waals surface area contributed by atoms with Crippen LogP contribution in [0, 0.1) is 0 Å². The van der Waals surface area contributed by atoms with Gasteiger partial charge in [0.2, 0.25) is 10.0 Å². The lowest BCUT2D eigenvalue weighted by Gasteiger charge is -2.37. The molecule has 0 aromatic carbocycles. The Kier molecular flexibility index (Phi) is 3.79. The summed E-state index contributed by atoms with van der Waals surface area (Å²) in [5.74, 6) is 0. The van der Waals surface area contributed by atoms with Gasteiger partial charge in [-0.1, -0.05) is 0 Å². The third-order valence-corrected chi connectivity index (χ3v) is 5.37. The van der Waals surface area contributed by atoms with Gasteiger partial charge in [0.15, 0.2) is 0 Å². The van der Waals surface area contributed by atoms with Gasteiger partial charge in [0.25, 0.3) is 0 Å². The minimum atomic E-state index is -3.21. The maximum atomic E-state index is 12.1. The van der Waals surface area contributed by atoms with Gasteiger partial charge in [-0.25, -0.2) is 13.1 Å². The molecule has 4 nitrogen and oxygen atoms in total. The van der Waals surface area contributed by atoms with Crippen LogP contribution in [-0.2, 0) is 10.0 Å². The first-order valence-corrected chi connectivity index (χ1v) is 7.00. The Morgan fingerprint density at radius 2 is 2.07 bits per heavy atom. The Bertz CT molecular complexity index is 313. The van der Waals surface area contributed by atoms with Crippen molar-refractivity contribution in [3.8, 4) is 0 Å². The molecule has 0 aromatic heterocycles. The number of hydrogen-bond donors (Lipinski definition) is 2. The molecule has 90 valence electrons. The second kappa shape index (κ2) is 4.39. The predicted octanol–water partition coefficient (Wildman–Crippen LogP) is 0.845. The highest BCUT2D eigenvalue weighted by Gasteiger charge is 2.42. The molecule has 5 heteroatoms. The molecular formula is C10H22N2O2S. The van der Waals surface area contributed by atoms with E-state index in [-0.39, 0.29) is 12.1 Å². The monoisotopic (exact) mass is 234 g/mol. The van der Waals surface area contributed by atoms with E-state index in [1.54, 1.807) is 0 Å². The number of nitrogens with one attached hydrogen (secondary N) is 2. The highest BCUT2D eigenvalue weighted by Crippen LogP contribution is 2.29. The lowest BCUT2D eigenvalue weighted by Crippen LogP contribution is -2.54. The van der Waals surface area contributed by atoms with Crippen molar-refractivity contribution in [3.63, 3.8) is 0 Å². The van der Waals surface area contributed by atoms with Crippen molar-refractivity contribution in [2.75, 3.05) is 6.54 Å². The third kappa shape index (κ3) is 2.92. The molecule has 15 heavy (non-hydrogen) atoms. The van der Waals surface area contributed by atoms with E-state index in [0.717, 1.165) is 6.54 Å². The van der Waals surface area contributed by atoms with Gasteiger partial charge < -0.3 is 5.32 Å². The zero-order valence-electron chi connectivity index (χ0n) is 10.0. The zero-order valence-corrected chi connectivity index (χ0v) is 10.8. The van der Waals surface area contributed by atoms with Gasteiger partial charge in [-0.2, -0.15) is 0 Å². The molecule has 0 saturated carbocycles. The van der Waals surface area contributed by atoms with Gasteiger partial charge in [0, 0.05) is 12.1 Å². The van der Waals surface area contributed by atoms with Gasteiger partial charge in [0.1, 0.15) is 0 Å². The maximum absolute atomic E-state index is 12.1. The second-order valence-electron chi connectivity index (χ2n) is 5.04. The fraction of sp³-hybridized carbons (Fsp3) is 1.00. The molecule has 1 fully saturated rings. The molecule has 0 spiro atoms. The highest BCUT2D eigenvalue weighted by atomic mass is 32.2. The van der Waals surface area contributed by atoms with Crippen LogP contribution in [0.15, 0.2) is 0 Å². The first-order chi connectivity index (χ1) is 6.77. The van der Waals surface area contributed by atoms with E-state index < -0.39 is 14.8 Å². The van der Waals surface area contributed by atoms with Crippen molar-refractivity contribution in [1.82, 2.24) is 10.0 Å². The standard InChI is InChI=1S/C10H22N2O2S/c1-8(2)12-15(13,14)10(4)5-6-11-9(3)7-10/h8-9,11-12H,5-7H2,1-4H3. The van der Waals surface area contributed by atoms with Gasteiger partial charge in [0.05, 0.1) is 4.75 Å². The molecule has 0 aliphatic carbocycles. The quantitative estimate of drug-likeness (QED) is 0.761.